The average Bonchev–Trinajstić information content (AvgIpc) is 2.17. The summed E-state index contributed by atoms with van der Waals surface area (Å²) in [6.45, 7) is 1.54. The Balaban J connectivity index is 2.15. The van der Waals surface area contributed by atoms with Crippen molar-refractivity contribution in [3.8, 4) is 0 Å². The lowest BCUT2D eigenvalue weighted by atomic mass is 9.75. The molecule has 4 heteroatoms. The first-order valence-corrected chi connectivity index (χ1v) is 6.05. The van der Waals surface area contributed by atoms with E-state index in [4.69, 9.17) is 23.2 Å². The molecular weight excluding hydrogens is 245 g/mol. The van der Waals surface area contributed by atoms with Gasteiger partial charge in [0.1, 0.15) is 0 Å². The number of halogens is 2. The third kappa shape index (κ3) is 2.33. The maximum absolute atomic E-state index is 11.0. The van der Waals surface area contributed by atoms with E-state index in [1.807, 2.05) is 12.1 Å². The Labute approximate surface area is 105 Å². The molecule has 0 radical (unpaired) electrons. The van der Waals surface area contributed by atoms with Gasteiger partial charge in [0.15, 0.2) is 0 Å². The standard InChI is InChI=1S/C12H13Cl2NO/c1-7(16)15-12-5-4-10(12)9-3-2-8(13)6-11(9)14/h2-3,6,10,12H,4-5H2,1H3,(H,15,16)/t10-,12?/m1/s1. The third-order valence-corrected chi connectivity index (χ3v) is 3.59. The van der Waals surface area contributed by atoms with Crippen LogP contribution in [0.2, 0.25) is 10.0 Å². The molecule has 0 bridgehead atoms. The molecule has 0 saturated heterocycles. The van der Waals surface area contributed by atoms with Gasteiger partial charge in [-0.25, -0.2) is 0 Å². The van der Waals surface area contributed by atoms with E-state index in [0.29, 0.717) is 16.0 Å². The molecule has 1 aliphatic rings. The lowest BCUT2D eigenvalue weighted by Gasteiger charge is -2.37. The van der Waals surface area contributed by atoms with Gasteiger partial charge in [-0.3, -0.25) is 4.79 Å². The summed E-state index contributed by atoms with van der Waals surface area (Å²) < 4.78 is 0. The monoisotopic (exact) mass is 257 g/mol. The summed E-state index contributed by atoms with van der Waals surface area (Å²) in [4.78, 5) is 11.0. The molecule has 1 saturated carbocycles. The Hall–Kier alpha value is -0.730. The zero-order valence-electron chi connectivity index (χ0n) is 8.97. The zero-order valence-corrected chi connectivity index (χ0v) is 10.5. The van der Waals surface area contributed by atoms with E-state index in [1.165, 1.54) is 0 Å². The molecule has 86 valence electrons. The predicted octanol–water partition coefficient (Wildman–Crippen LogP) is 3.38. The molecule has 1 N–H and O–H groups in total. The van der Waals surface area contributed by atoms with Crippen LogP contribution in [0, 0.1) is 0 Å². The molecule has 0 heterocycles. The first kappa shape index (κ1) is 11.7. The van der Waals surface area contributed by atoms with Crippen molar-refractivity contribution in [1.29, 1.82) is 0 Å². The van der Waals surface area contributed by atoms with Crippen molar-refractivity contribution in [2.45, 2.75) is 31.7 Å². The van der Waals surface area contributed by atoms with Crippen LogP contribution in [0.4, 0.5) is 0 Å². The number of rotatable bonds is 2. The smallest absolute Gasteiger partial charge is 0.217 e. The van der Waals surface area contributed by atoms with Gasteiger partial charge in [-0.2, -0.15) is 0 Å². The Morgan fingerprint density at radius 3 is 2.62 bits per heavy atom. The van der Waals surface area contributed by atoms with Crippen molar-refractivity contribution in [2.75, 3.05) is 0 Å². The summed E-state index contributed by atoms with van der Waals surface area (Å²) in [5.74, 6) is 0.341. The Morgan fingerprint density at radius 2 is 2.12 bits per heavy atom. The van der Waals surface area contributed by atoms with Crippen LogP contribution in [0.5, 0.6) is 0 Å². The fourth-order valence-electron chi connectivity index (χ4n) is 2.11. The van der Waals surface area contributed by atoms with E-state index < -0.39 is 0 Å². The van der Waals surface area contributed by atoms with Crippen molar-refractivity contribution in [1.82, 2.24) is 5.32 Å². The highest BCUT2D eigenvalue weighted by atomic mass is 35.5. The van der Waals surface area contributed by atoms with Gasteiger partial charge in [-0.05, 0) is 30.5 Å². The summed E-state index contributed by atoms with van der Waals surface area (Å²) in [5, 5.41) is 4.27. The zero-order chi connectivity index (χ0) is 11.7. The minimum absolute atomic E-state index is 0.0137. The maximum atomic E-state index is 11.0. The maximum Gasteiger partial charge on any atom is 0.217 e. The van der Waals surface area contributed by atoms with E-state index in [1.54, 1.807) is 13.0 Å². The van der Waals surface area contributed by atoms with Crippen LogP contribution in [-0.2, 0) is 4.79 Å². The van der Waals surface area contributed by atoms with Gasteiger partial charge in [0.05, 0.1) is 0 Å². The van der Waals surface area contributed by atoms with Crippen LogP contribution in [0.1, 0.15) is 31.2 Å². The Morgan fingerprint density at radius 1 is 1.38 bits per heavy atom. The highest BCUT2D eigenvalue weighted by molar-refractivity contribution is 6.35. The van der Waals surface area contributed by atoms with Crippen molar-refractivity contribution in [3.05, 3.63) is 33.8 Å². The van der Waals surface area contributed by atoms with E-state index in [2.05, 4.69) is 5.32 Å². The summed E-state index contributed by atoms with van der Waals surface area (Å²) in [5.41, 5.74) is 1.08. The predicted molar refractivity (Wildman–Crippen MR) is 66.0 cm³/mol. The highest BCUT2D eigenvalue weighted by Crippen LogP contribution is 2.40. The molecule has 2 atom stereocenters. The number of carbonyl (C=O) groups is 1. The van der Waals surface area contributed by atoms with Crippen molar-refractivity contribution < 1.29 is 4.79 Å². The number of carbonyl (C=O) groups excluding carboxylic acids is 1. The average molecular weight is 258 g/mol. The van der Waals surface area contributed by atoms with Crippen molar-refractivity contribution >= 4 is 29.1 Å². The van der Waals surface area contributed by atoms with Crippen LogP contribution in [-0.4, -0.2) is 11.9 Å². The summed E-state index contributed by atoms with van der Waals surface area (Å²) >= 11 is 12.0. The molecule has 1 aromatic rings. The molecule has 2 nitrogen and oxygen atoms in total. The second-order valence-electron chi connectivity index (χ2n) is 4.16. The van der Waals surface area contributed by atoms with E-state index in [9.17, 15) is 4.79 Å². The fraction of sp³-hybridized carbons (Fsp3) is 0.417. The van der Waals surface area contributed by atoms with E-state index in [0.717, 1.165) is 18.4 Å². The number of amides is 1. The second kappa shape index (κ2) is 4.64. The van der Waals surface area contributed by atoms with Gasteiger partial charge in [-0.1, -0.05) is 29.3 Å². The van der Waals surface area contributed by atoms with Crippen LogP contribution >= 0.6 is 23.2 Å². The summed E-state index contributed by atoms with van der Waals surface area (Å²) in [6, 6.07) is 5.76. The molecule has 1 fully saturated rings. The highest BCUT2D eigenvalue weighted by Gasteiger charge is 2.33. The quantitative estimate of drug-likeness (QED) is 0.865. The van der Waals surface area contributed by atoms with Gasteiger partial charge in [0.2, 0.25) is 5.91 Å². The van der Waals surface area contributed by atoms with Gasteiger partial charge in [-0.15, -0.1) is 0 Å². The molecule has 16 heavy (non-hydrogen) atoms. The van der Waals surface area contributed by atoms with E-state index >= 15 is 0 Å². The minimum atomic E-state index is 0.0137. The lowest BCUT2D eigenvalue weighted by Crippen LogP contribution is -2.44. The normalized spacial score (nSPS) is 23.7. The third-order valence-electron chi connectivity index (χ3n) is 3.03. The van der Waals surface area contributed by atoms with Gasteiger partial charge in [0.25, 0.3) is 0 Å². The van der Waals surface area contributed by atoms with Crippen LogP contribution in [0.3, 0.4) is 0 Å². The van der Waals surface area contributed by atoms with Gasteiger partial charge >= 0.3 is 0 Å². The molecule has 1 aliphatic carbocycles. The topological polar surface area (TPSA) is 29.1 Å². The lowest BCUT2D eigenvalue weighted by molar-refractivity contribution is -0.120. The molecule has 1 unspecified atom stereocenters. The SMILES string of the molecule is CC(=O)NC1CC[C@@H]1c1ccc(Cl)cc1Cl. The van der Waals surface area contributed by atoms with Crippen molar-refractivity contribution in [2.24, 2.45) is 0 Å². The molecular formula is C12H13Cl2NO. The van der Waals surface area contributed by atoms with Crippen LogP contribution in [0.15, 0.2) is 18.2 Å². The number of benzene rings is 1. The number of hydrogen-bond donors (Lipinski definition) is 1. The summed E-state index contributed by atoms with van der Waals surface area (Å²) in [7, 11) is 0. The van der Waals surface area contributed by atoms with Gasteiger partial charge < -0.3 is 5.32 Å². The Kier molecular flexibility index (Phi) is 3.41. The fourth-order valence-corrected chi connectivity index (χ4v) is 2.66. The molecule has 1 amide bonds. The first-order valence-electron chi connectivity index (χ1n) is 5.30. The molecule has 0 aliphatic heterocycles. The van der Waals surface area contributed by atoms with Crippen molar-refractivity contribution in [3.63, 3.8) is 0 Å². The molecule has 1 aromatic carbocycles. The van der Waals surface area contributed by atoms with E-state index in [-0.39, 0.29) is 11.9 Å². The second-order valence-corrected chi connectivity index (χ2v) is 5.00. The molecule has 0 aromatic heterocycles. The minimum Gasteiger partial charge on any atom is -0.353 e. The number of nitrogens with one attached hydrogen (secondary N) is 1. The molecule has 2 rings (SSSR count). The molecule has 0 spiro atoms. The van der Waals surface area contributed by atoms with Gasteiger partial charge in [0, 0.05) is 28.9 Å². The number of hydrogen-bond acceptors (Lipinski definition) is 1. The van der Waals surface area contributed by atoms with Crippen LogP contribution in [0.25, 0.3) is 0 Å². The summed E-state index contributed by atoms with van der Waals surface area (Å²) in [6.07, 6.45) is 2.08. The first-order chi connectivity index (χ1) is 7.58. The largest absolute Gasteiger partial charge is 0.353 e. The Bertz CT molecular complexity index is 419. The van der Waals surface area contributed by atoms with Crippen LogP contribution < -0.4 is 5.32 Å².